The fourth-order valence-electron chi connectivity index (χ4n) is 1.34. The number of esters is 1. The van der Waals surface area contributed by atoms with E-state index in [1.54, 1.807) is 24.3 Å². The first-order chi connectivity index (χ1) is 8.52. The molecule has 0 saturated carbocycles. The molecule has 0 aliphatic carbocycles. The number of benzene rings is 1. The summed E-state index contributed by atoms with van der Waals surface area (Å²) in [4.78, 5) is 22.9. The van der Waals surface area contributed by atoms with Crippen LogP contribution >= 0.6 is 0 Å². The highest BCUT2D eigenvalue weighted by Gasteiger charge is 2.07. The van der Waals surface area contributed by atoms with Gasteiger partial charge < -0.3 is 15.4 Å². The van der Waals surface area contributed by atoms with Crippen LogP contribution in [0, 0.1) is 0 Å². The van der Waals surface area contributed by atoms with Crippen LogP contribution in [0.2, 0.25) is 0 Å². The number of ether oxygens (including phenoxy) is 1. The molecule has 5 nitrogen and oxygen atoms in total. The van der Waals surface area contributed by atoms with Crippen molar-refractivity contribution in [1.82, 2.24) is 5.32 Å². The van der Waals surface area contributed by atoms with E-state index in [1.165, 1.54) is 7.11 Å². The summed E-state index contributed by atoms with van der Waals surface area (Å²) in [5.74, 6) is -0.572. The van der Waals surface area contributed by atoms with Crippen molar-refractivity contribution in [3.8, 4) is 0 Å². The summed E-state index contributed by atoms with van der Waals surface area (Å²) in [6.07, 6.45) is 0. The number of anilines is 1. The molecule has 0 radical (unpaired) electrons. The number of rotatable bonds is 5. The Balaban J connectivity index is 2.62. The third kappa shape index (κ3) is 4.55. The van der Waals surface area contributed by atoms with Gasteiger partial charge in [-0.15, -0.1) is 0 Å². The maximum atomic E-state index is 11.6. The van der Waals surface area contributed by atoms with Crippen molar-refractivity contribution < 1.29 is 14.3 Å². The lowest BCUT2D eigenvalue weighted by Crippen LogP contribution is -2.32. The summed E-state index contributed by atoms with van der Waals surface area (Å²) in [5, 5.41) is 5.72. The van der Waals surface area contributed by atoms with Gasteiger partial charge in [0.25, 0.3) is 0 Å². The first-order valence-corrected chi connectivity index (χ1v) is 5.74. The summed E-state index contributed by atoms with van der Waals surface area (Å²) in [5.41, 5.74) is 0.987. The average Bonchev–Trinajstić information content (AvgIpc) is 2.35. The zero-order valence-corrected chi connectivity index (χ0v) is 10.8. The Morgan fingerprint density at radius 3 is 2.67 bits per heavy atom. The molecular weight excluding hydrogens is 232 g/mol. The van der Waals surface area contributed by atoms with Gasteiger partial charge >= 0.3 is 5.97 Å². The van der Waals surface area contributed by atoms with Gasteiger partial charge in [-0.25, -0.2) is 4.79 Å². The molecule has 5 heteroatoms. The highest BCUT2D eigenvalue weighted by Crippen LogP contribution is 2.11. The number of methoxy groups -OCH3 is 1. The van der Waals surface area contributed by atoms with Crippen molar-refractivity contribution in [2.45, 2.75) is 19.9 Å². The standard InChI is InChI=1S/C13H18N2O3/c1-9(2)14-8-12(16)15-11-6-4-5-10(7-11)13(17)18-3/h4-7,9,14H,8H2,1-3H3,(H,15,16). The molecule has 0 aliphatic rings. The van der Waals surface area contributed by atoms with Crippen LogP contribution in [0.4, 0.5) is 5.69 Å². The van der Waals surface area contributed by atoms with Gasteiger partial charge in [0.15, 0.2) is 0 Å². The lowest BCUT2D eigenvalue weighted by atomic mass is 10.2. The second-order valence-corrected chi connectivity index (χ2v) is 4.16. The van der Waals surface area contributed by atoms with Gasteiger partial charge in [0.05, 0.1) is 19.2 Å². The van der Waals surface area contributed by atoms with E-state index >= 15 is 0 Å². The molecule has 0 atom stereocenters. The number of carbonyl (C=O) groups excluding carboxylic acids is 2. The van der Waals surface area contributed by atoms with Crippen LogP contribution in [0.5, 0.6) is 0 Å². The highest BCUT2D eigenvalue weighted by molar-refractivity contribution is 5.95. The predicted octanol–water partition coefficient (Wildman–Crippen LogP) is 1.41. The molecule has 1 aromatic carbocycles. The second kappa shape index (κ2) is 6.76. The second-order valence-electron chi connectivity index (χ2n) is 4.16. The topological polar surface area (TPSA) is 67.4 Å². The predicted molar refractivity (Wildman–Crippen MR) is 69.5 cm³/mol. The molecule has 0 bridgehead atoms. The summed E-state index contributed by atoms with van der Waals surface area (Å²) < 4.78 is 4.61. The molecule has 0 aromatic heterocycles. The number of hydrogen-bond acceptors (Lipinski definition) is 4. The molecule has 1 amide bonds. The molecule has 1 aromatic rings. The van der Waals surface area contributed by atoms with E-state index in [-0.39, 0.29) is 18.5 Å². The minimum absolute atomic E-state index is 0.147. The van der Waals surface area contributed by atoms with Crippen LogP contribution < -0.4 is 10.6 Å². The first kappa shape index (κ1) is 14.2. The minimum atomic E-state index is -0.425. The monoisotopic (exact) mass is 250 g/mol. The molecule has 0 aliphatic heterocycles. The van der Waals surface area contributed by atoms with Gasteiger partial charge in [-0.3, -0.25) is 4.79 Å². The van der Waals surface area contributed by atoms with Gasteiger partial charge in [-0.1, -0.05) is 19.9 Å². The van der Waals surface area contributed by atoms with Gasteiger partial charge in [0.2, 0.25) is 5.91 Å². The van der Waals surface area contributed by atoms with Crippen molar-refractivity contribution in [3.05, 3.63) is 29.8 Å². The van der Waals surface area contributed by atoms with Crippen molar-refractivity contribution >= 4 is 17.6 Å². The quantitative estimate of drug-likeness (QED) is 0.775. The maximum absolute atomic E-state index is 11.6. The van der Waals surface area contributed by atoms with E-state index < -0.39 is 5.97 Å². The van der Waals surface area contributed by atoms with Crippen molar-refractivity contribution in [3.63, 3.8) is 0 Å². The molecule has 2 N–H and O–H groups in total. The van der Waals surface area contributed by atoms with Gasteiger partial charge in [-0.05, 0) is 18.2 Å². The normalized spacial score (nSPS) is 10.2. The summed E-state index contributed by atoms with van der Waals surface area (Å²) >= 11 is 0. The van der Waals surface area contributed by atoms with Crippen LogP contribution in [-0.2, 0) is 9.53 Å². The Hall–Kier alpha value is -1.88. The zero-order valence-electron chi connectivity index (χ0n) is 10.8. The van der Waals surface area contributed by atoms with E-state index in [4.69, 9.17) is 0 Å². The third-order valence-corrected chi connectivity index (χ3v) is 2.24. The lowest BCUT2D eigenvalue weighted by molar-refractivity contribution is -0.115. The van der Waals surface area contributed by atoms with E-state index in [0.717, 1.165) is 0 Å². The fraction of sp³-hybridized carbons (Fsp3) is 0.385. The number of amides is 1. The molecule has 0 fully saturated rings. The first-order valence-electron chi connectivity index (χ1n) is 5.74. The largest absolute Gasteiger partial charge is 0.465 e. The Morgan fingerprint density at radius 2 is 2.06 bits per heavy atom. The number of nitrogens with one attached hydrogen (secondary N) is 2. The SMILES string of the molecule is COC(=O)c1cccc(NC(=O)CNC(C)C)c1. The van der Waals surface area contributed by atoms with Crippen molar-refractivity contribution in [2.24, 2.45) is 0 Å². The van der Waals surface area contributed by atoms with Crippen LogP contribution in [0.1, 0.15) is 24.2 Å². The van der Waals surface area contributed by atoms with E-state index in [2.05, 4.69) is 15.4 Å². The molecule has 0 heterocycles. The lowest BCUT2D eigenvalue weighted by Gasteiger charge is -2.09. The van der Waals surface area contributed by atoms with Gasteiger partial charge in [0, 0.05) is 11.7 Å². The summed E-state index contributed by atoms with van der Waals surface area (Å²) in [7, 11) is 1.32. The number of carbonyl (C=O) groups is 2. The highest BCUT2D eigenvalue weighted by atomic mass is 16.5. The van der Waals surface area contributed by atoms with Crippen LogP contribution in [0.3, 0.4) is 0 Å². The van der Waals surface area contributed by atoms with Gasteiger partial charge in [-0.2, -0.15) is 0 Å². The fourth-order valence-corrected chi connectivity index (χ4v) is 1.34. The van der Waals surface area contributed by atoms with Gasteiger partial charge in [0.1, 0.15) is 0 Å². The molecule has 1 rings (SSSR count). The Kier molecular flexibility index (Phi) is 5.32. The van der Waals surface area contributed by atoms with E-state index in [0.29, 0.717) is 11.3 Å². The maximum Gasteiger partial charge on any atom is 0.337 e. The molecule has 0 saturated heterocycles. The van der Waals surface area contributed by atoms with Crippen LogP contribution in [0.15, 0.2) is 24.3 Å². The Bertz CT molecular complexity index is 430. The van der Waals surface area contributed by atoms with Crippen molar-refractivity contribution in [2.75, 3.05) is 19.0 Å². The Labute approximate surface area is 107 Å². The average molecular weight is 250 g/mol. The summed E-state index contributed by atoms with van der Waals surface area (Å²) in [6, 6.07) is 6.88. The molecule has 0 unspecified atom stereocenters. The van der Waals surface area contributed by atoms with Crippen LogP contribution in [-0.4, -0.2) is 31.6 Å². The van der Waals surface area contributed by atoms with E-state index in [1.807, 2.05) is 13.8 Å². The molecule has 98 valence electrons. The zero-order chi connectivity index (χ0) is 13.5. The molecular formula is C13H18N2O3. The molecule has 18 heavy (non-hydrogen) atoms. The van der Waals surface area contributed by atoms with Crippen molar-refractivity contribution in [1.29, 1.82) is 0 Å². The molecule has 0 spiro atoms. The van der Waals surface area contributed by atoms with Crippen LogP contribution in [0.25, 0.3) is 0 Å². The third-order valence-electron chi connectivity index (χ3n) is 2.24. The number of hydrogen-bond donors (Lipinski definition) is 2. The Morgan fingerprint density at radius 1 is 1.33 bits per heavy atom. The smallest absolute Gasteiger partial charge is 0.337 e. The summed E-state index contributed by atoms with van der Waals surface area (Å²) in [6.45, 7) is 4.16. The minimum Gasteiger partial charge on any atom is -0.465 e. The van der Waals surface area contributed by atoms with E-state index in [9.17, 15) is 9.59 Å².